The zero-order valence-electron chi connectivity index (χ0n) is 17.1. The fourth-order valence-corrected chi connectivity index (χ4v) is 3.80. The standard InChI is InChI=1S/C23H27N3O3/c1-13-6-4-5-7-16(13)20(27)11-10-17-18(23(29)25-15-8-9-15)12-19-21(22(17)28)24-14(2)26(19)3/h4-7,12,15,20,27-28H,8-11H2,1-3H3,(H,25,29)/t20-/m1/s1. The molecule has 3 N–H and O–H groups in total. The molecule has 0 radical (unpaired) electrons. The Hall–Kier alpha value is -2.86. The van der Waals surface area contributed by atoms with Crippen molar-refractivity contribution in [2.24, 2.45) is 7.05 Å². The average Bonchev–Trinajstić information content (AvgIpc) is 3.46. The summed E-state index contributed by atoms with van der Waals surface area (Å²) in [5.74, 6) is 0.619. The van der Waals surface area contributed by atoms with Gasteiger partial charge in [-0.05, 0) is 56.7 Å². The van der Waals surface area contributed by atoms with Crippen molar-refractivity contribution in [1.82, 2.24) is 14.9 Å². The third-order valence-electron chi connectivity index (χ3n) is 5.85. The van der Waals surface area contributed by atoms with Crippen LogP contribution in [0.5, 0.6) is 5.75 Å². The van der Waals surface area contributed by atoms with E-state index in [1.165, 1.54) is 0 Å². The van der Waals surface area contributed by atoms with E-state index in [2.05, 4.69) is 10.3 Å². The van der Waals surface area contributed by atoms with Crippen LogP contribution in [0, 0.1) is 13.8 Å². The van der Waals surface area contributed by atoms with Gasteiger partial charge in [0.25, 0.3) is 5.91 Å². The summed E-state index contributed by atoms with van der Waals surface area (Å²) < 4.78 is 1.87. The molecule has 3 aromatic rings. The molecule has 0 unspecified atom stereocenters. The van der Waals surface area contributed by atoms with Crippen LogP contribution in [-0.2, 0) is 13.5 Å². The highest BCUT2D eigenvalue weighted by molar-refractivity contribution is 6.01. The van der Waals surface area contributed by atoms with E-state index in [1.54, 1.807) is 0 Å². The number of hydrogen-bond acceptors (Lipinski definition) is 4. The first-order valence-corrected chi connectivity index (χ1v) is 10.1. The number of aromatic hydroxyl groups is 1. The number of aliphatic hydroxyl groups is 1. The van der Waals surface area contributed by atoms with E-state index >= 15 is 0 Å². The minimum atomic E-state index is -0.670. The molecule has 1 fully saturated rings. The van der Waals surface area contributed by atoms with E-state index in [0.29, 0.717) is 29.5 Å². The van der Waals surface area contributed by atoms with E-state index in [1.807, 2.05) is 55.8 Å². The maximum absolute atomic E-state index is 12.9. The largest absolute Gasteiger partial charge is 0.505 e. The second-order valence-electron chi connectivity index (χ2n) is 8.00. The molecule has 1 atom stereocenters. The Bertz CT molecular complexity index is 1080. The third kappa shape index (κ3) is 3.72. The Kier molecular flexibility index (Phi) is 5.04. The predicted molar refractivity (Wildman–Crippen MR) is 112 cm³/mol. The van der Waals surface area contributed by atoms with Crippen molar-refractivity contribution in [1.29, 1.82) is 0 Å². The molecular weight excluding hydrogens is 366 g/mol. The predicted octanol–water partition coefficient (Wildman–Crippen LogP) is 3.45. The first-order chi connectivity index (χ1) is 13.9. The lowest BCUT2D eigenvalue weighted by atomic mass is 9.94. The fraction of sp³-hybridized carbons (Fsp3) is 0.391. The zero-order chi connectivity index (χ0) is 20.7. The average molecular weight is 393 g/mol. The molecule has 4 rings (SSSR count). The number of hydrogen-bond donors (Lipinski definition) is 3. The topological polar surface area (TPSA) is 87.4 Å². The number of rotatable bonds is 6. The molecule has 0 saturated heterocycles. The number of aryl methyl sites for hydroxylation is 3. The van der Waals surface area contributed by atoms with E-state index in [0.717, 1.165) is 35.3 Å². The van der Waals surface area contributed by atoms with Gasteiger partial charge < -0.3 is 20.1 Å². The Balaban J connectivity index is 1.70. The molecule has 1 heterocycles. The number of phenolic OH excluding ortho intramolecular Hbond substituents is 1. The number of nitrogens with zero attached hydrogens (tertiary/aromatic N) is 2. The molecule has 152 valence electrons. The molecule has 6 nitrogen and oxygen atoms in total. The highest BCUT2D eigenvalue weighted by atomic mass is 16.3. The number of aromatic nitrogens is 2. The molecular formula is C23H27N3O3. The molecule has 0 spiro atoms. The summed E-state index contributed by atoms with van der Waals surface area (Å²) in [6.45, 7) is 3.83. The van der Waals surface area contributed by atoms with E-state index in [9.17, 15) is 15.0 Å². The maximum atomic E-state index is 12.9. The second-order valence-corrected chi connectivity index (χ2v) is 8.00. The van der Waals surface area contributed by atoms with Crippen molar-refractivity contribution < 1.29 is 15.0 Å². The molecule has 1 aliphatic rings. The summed E-state index contributed by atoms with van der Waals surface area (Å²) in [4.78, 5) is 17.3. The number of carbonyl (C=O) groups excluding carboxylic acids is 1. The summed E-state index contributed by atoms with van der Waals surface area (Å²) >= 11 is 0. The summed E-state index contributed by atoms with van der Waals surface area (Å²) in [7, 11) is 1.87. The Morgan fingerprint density at radius 1 is 1.31 bits per heavy atom. The normalized spacial score (nSPS) is 14.9. The Morgan fingerprint density at radius 3 is 2.72 bits per heavy atom. The smallest absolute Gasteiger partial charge is 0.251 e. The number of carbonyl (C=O) groups is 1. The molecule has 1 aromatic heterocycles. The van der Waals surface area contributed by atoms with E-state index in [4.69, 9.17) is 0 Å². The first kappa shape index (κ1) is 19.5. The van der Waals surface area contributed by atoms with Crippen LogP contribution < -0.4 is 5.32 Å². The molecule has 1 aliphatic carbocycles. The number of amides is 1. The third-order valence-corrected chi connectivity index (χ3v) is 5.85. The summed E-state index contributed by atoms with van der Waals surface area (Å²) in [6.07, 6.45) is 2.09. The Morgan fingerprint density at radius 2 is 2.03 bits per heavy atom. The van der Waals surface area contributed by atoms with Gasteiger partial charge in [-0.3, -0.25) is 4.79 Å². The summed E-state index contributed by atoms with van der Waals surface area (Å²) in [5.41, 5.74) is 4.11. The fourth-order valence-electron chi connectivity index (χ4n) is 3.80. The van der Waals surface area contributed by atoms with Gasteiger partial charge in [-0.1, -0.05) is 24.3 Å². The Labute approximate surface area is 170 Å². The van der Waals surface area contributed by atoms with Crippen molar-refractivity contribution in [2.45, 2.75) is 51.7 Å². The molecule has 1 amide bonds. The van der Waals surface area contributed by atoms with Crippen LogP contribution in [0.3, 0.4) is 0 Å². The van der Waals surface area contributed by atoms with Gasteiger partial charge in [0.05, 0.1) is 11.6 Å². The number of nitrogens with one attached hydrogen (secondary N) is 1. The van der Waals surface area contributed by atoms with Crippen molar-refractivity contribution in [3.63, 3.8) is 0 Å². The minimum absolute atomic E-state index is 0.0316. The van der Waals surface area contributed by atoms with Gasteiger partial charge in [-0.15, -0.1) is 0 Å². The lowest BCUT2D eigenvalue weighted by molar-refractivity contribution is 0.0949. The van der Waals surface area contributed by atoms with E-state index < -0.39 is 6.10 Å². The van der Waals surface area contributed by atoms with Gasteiger partial charge >= 0.3 is 0 Å². The lowest BCUT2D eigenvalue weighted by Gasteiger charge is -2.16. The number of aliphatic hydroxyl groups excluding tert-OH is 1. The van der Waals surface area contributed by atoms with Crippen molar-refractivity contribution >= 4 is 16.9 Å². The molecule has 29 heavy (non-hydrogen) atoms. The van der Waals surface area contributed by atoms with Crippen molar-refractivity contribution in [3.8, 4) is 5.75 Å². The number of imidazole rings is 1. The number of fused-ring (bicyclic) bond motifs is 1. The van der Waals surface area contributed by atoms with E-state index in [-0.39, 0.29) is 17.7 Å². The van der Waals surface area contributed by atoms with Gasteiger partial charge in [0.15, 0.2) is 0 Å². The van der Waals surface area contributed by atoms with Crippen LogP contribution >= 0.6 is 0 Å². The maximum Gasteiger partial charge on any atom is 0.251 e. The van der Waals surface area contributed by atoms with Crippen LogP contribution in [0.15, 0.2) is 30.3 Å². The van der Waals surface area contributed by atoms with Gasteiger partial charge in [0, 0.05) is 24.2 Å². The van der Waals surface area contributed by atoms with Gasteiger partial charge in [-0.2, -0.15) is 0 Å². The molecule has 6 heteroatoms. The van der Waals surface area contributed by atoms with Crippen LogP contribution in [0.2, 0.25) is 0 Å². The zero-order valence-corrected chi connectivity index (χ0v) is 17.1. The van der Waals surface area contributed by atoms with Crippen molar-refractivity contribution in [3.05, 3.63) is 58.4 Å². The lowest BCUT2D eigenvalue weighted by Crippen LogP contribution is -2.26. The monoisotopic (exact) mass is 393 g/mol. The highest BCUT2D eigenvalue weighted by Crippen LogP contribution is 2.34. The van der Waals surface area contributed by atoms with Gasteiger partial charge in [0.1, 0.15) is 17.1 Å². The summed E-state index contributed by atoms with van der Waals surface area (Å²) in [5, 5.41) is 24.7. The van der Waals surface area contributed by atoms with Gasteiger partial charge in [-0.25, -0.2) is 4.98 Å². The minimum Gasteiger partial charge on any atom is -0.505 e. The van der Waals surface area contributed by atoms with Crippen LogP contribution in [-0.4, -0.2) is 31.7 Å². The van der Waals surface area contributed by atoms with Gasteiger partial charge in [0.2, 0.25) is 0 Å². The van der Waals surface area contributed by atoms with Crippen LogP contribution in [0.4, 0.5) is 0 Å². The summed E-state index contributed by atoms with van der Waals surface area (Å²) in [6, 6.07) is 9.75. The molecule has 0 bridgehead atoms. The molecule has 1 saturated carbocycles. The van der Waals surface area contributed by atoms with Crippen LogP contribution in [0.25, 0.3) is 11.0 Å². The molecule has 0 aliphatic heterocycles. The highest BCUT2D eigenvalue weighted by Gasteiger charge is 2.27. The quantitative estimate of drug-likeness (QED) is 0.599. The molecule has 2 aromatic carbocycles. The van der Waals surface area contributed by atoms with Crippen LogP contribution in [0.1, 0.15) is 58.2 Å². The number of phenols is 1. The number of benzene rings is 2. The SMILES string of the molecule is Cc1ccccc1[C@H](O)CCc1c(C(=O)NC2CC2)cc2c(nc(C)n2C)c1O. The first-order valence-electron chi connectivity index (χ1n) is 10.1. The second kappa shape index (κ2) is 7.52. The van der Waals surface area contributed by atoms with Crippen molar-refractivity contribution in [2.75, 3.05) is 0 Å².